The minimum Gasteiger partial charge on any atom is -0.380 e. The van der Waals surface area contributed by atoms with Crippen LogP contribution >= 0.6 is 0 Å². The maximum absolute atomic E-state index is 10.6. The molecule has 0 aromatic heterocycles. The number of carbonyl (C=O) groups is 1. The van der Waals surface area contributed by atoms with Crippen LogP contribution in [0.25, 0.3) is 0 Å². The van der Waals surface area contributed by atoms with E-state index in [0.29, 0.717) is 6.54 Å². The van der Waals surface area contributed by atoms with Gasteiger partial charge in [-0.2, -0.15) is 0 Å². The first-order valence-corrected chi connectivity index (χ1v) is 3.31. The minimum absolute atomic E-state index is 0.187. The third kappa shape index (κ3) is 1.39. The lowest BCUT2D eigenvalue weighted by Crippen LogP contribution is -2.34. The highest BCUT2D eigenvalue weighted by molar-refractivity contribution is 5.72. The van der Waals surface area contributed by atoms with E-state index in [2.05, 4.69) is 0 Å². The van der Waals surface area contributed by atoms with Crippen LogP contribution in [0.3, 0.4) is 0 Å². The molecule has 10 heavy (non-hydrogen) atoms. The number of carbonyl (C=O) groups excluding carboxylic acids is 1. The zero-order chi connectivity index (χ0) is 7.56. The van der Waals surface area contributed by atoms with E-state index in [1.807, 2.05) is 0 Å². The van der Waals surface area contributed by atoms with Crippen molar-refractivity contribution in [1.82, 2.24) is 4.90 Å². The summed E-state index contributed by atoms with van der Waals surface area (Å²) in [6.45, 7) is 1.37. The molecule has 0 aliphatic carbocycles. The van der Waals surface area contributed by atoms with Gasteiger partial charge in [0.25, 0.3) is 0 Å². The summed E-state index contributed by atoms with van der Waals surface area (Å²) in [5, 5.41) is 0. The first-order valence-electron chi connectivity index (χ1n) is 3.31. The summed E-state index contributed by atoms with van der Waals surface area (Å²) >= 11 is 0. The highest BCUT2D eigenvalue weighted by Gasteiger charge is 2.23. The maximum atomic E-state index is 10.6. The van der Waals surface area contributed by atoms with Crippen LogP contribution in [0.5, 0.6) is 0 Å². The molecule has 4 nitrogen and oxygen atoms in total. The number of amides is 2. The molecule has 0 unspecified atom stereocenters. The van der Waals surface area contributed by atoms with E-state index < -0.39 is 0 Å². The van der Waals surface area contributed by atoms with Crippen LogP contribution in [0.2, 0.25) is 0 Å². The molecule has 4 heteroatoms. The number of nitrogens with two attached hydrogens (primary N) is 1. The number of methoxy groups -OCH3 is 1. The molecular weight excluding hydrogens is 132 g/mol. The first kappa shape index (κ1) is 7.34. The molecule has 0 bridgehead atoms. The van der Waals surface area contributed by atoms with Crippen molar-refractivity contribution < 1.29 is 9.53 Å². The molecule has 0 spiro atoms. The number of hydrogen-bond donors (Lipinski definition) is 1. The maximum Gasteiger partial charge on any atom is 0.314 e. The van der Waals surface area contributed by atoms with E-state index in [0.717, 1.165) is 13.0 Å². The largest absolute Gasteiger partial charge is 0.380 e. The Balaban J connectivity index is 2.35. The van der Waals surface area contributed by atoms with Crippen LogP contribution in [-0.2, 0) is 4.74 Å². The summed E-state index contributed by atoms with van der Waals surface area (Å²) in [6, 6.07) is -0.348. The molecule has 58 valence electrons. The van der Waals surface area contributed by atoms with Crippen molar-refractivity contribution in [1.29, 1.82) is 0 Å². The van der Waals surface area contributed by atoms with Gasteiger partial charge in [-0.25, -0.2) is 4.79 Å². The van der Waals surface area contributed by atoms with Crippen molar-refractivity contribution in [3.63, 3.8) is 0 Å². The summed E-state index contributed by atoms with van der Waals surface area (Å²) in [7, 11) is 1.65. The predicted molar refractivity (Wildman–Crippen MR) is 36.6 cm³/mol. The number of hydrogen-bond acceptors (Lipinski definition) is 2. The fourth-order valence-electron chi connectivity index (χ4n) is 1.12. The zero-order valence-corrected chi connectivity index (χ0v) is 6.04. The van der Waals surface area contributed by atoms with E-state index in [-0.39, 0.29) is 12.1 Å². The van der Waals surface area contributed by atoms with Crippen molar-refractivity contribution in [3.8, 4) is 0 Å². The SMILES string of the molecule is CO[C@@H]1CCN(C(N)=O)C1. The summed E-state index contributed by atoms with van der Waals surface area (Å²) in [5.74, 6) is 0. The molecule has 2 amide bonds. The smallest absolute Gasteiger partial charge is 0.314 e. The van der Waals surface area contributed by atoms with Crippen molar-refractivity contribution in [2.75, 3.05) is 20.2 Å². The number of rotatable bonds is 1. The fourth-order valence-corrected chi connectivity index (χ4v) is 1.12. The van der Waals surface area contributed by atoms with Crippen molar-refractivity contribution in [2.24, 2.45) is 5.73 Å². The predicted octanol–water partition coefficient (Wildman–Crippen LogP) is -0.214. The normalized spacial score (nSPS) is 25.3. The second kappa shape index (κ2) is 2.88. The van der Waals surface area contributed by atoms with Gasteiger partial charge in [-0.15, -0.1) is 0 Å². The van der Waals surface area contributed by atoms with Crippen LogP contribution in [0.15, 0.2) is 0 Å². The molecule has 1 saturated heterocycles. The van der Waals surface area contributed by atoms with E-state index >= 15 is 0 Å². The number of likely N-dealkylation sites (tertiary alicyclic amines) is 1. The van der Waals surface area contributed by atoms with Crippen molar-refractivity contribution >= 4 is 6.03 Å². The number of nitrogens with zero attached hydrogens (tertiary/aromatic N) is 1. The minimum atomic E-state index is -0.348. The van der Waals surface area contributed by atoms with Crippen molar-refractivity contribution in [3.05, 3.63) is 0 Å². The Labute approximate surface area is 59.9 Å². The van der Waals surface area contributed by atoms with Gasteiger partial charge in [0.15, 0.2) is 0 Å². The molecule has 1 fully saturated rings. The van der Waals surface area contributed by atoms with Gasteiger partial charge in [0.1, 0.15) is 0 Å². The van der Waals surface area contributed by atoms with Crippen LogP contribution in [-0.4, -0.2) is 37.2 Å². The Bertz CT molecular complexity index is 138. The van der Waals surface area contributed by atoms with Gasteiger partial charge >= 0.3 is 6.03 Å². The molecule has 0 radical (unpaired) electrons. The lowest BCUT2D eigenvalue weighted by molar-refractivity contribution is 0.111. The molecule has 1 atom stereocenters. The van der Waals surface area contributed by atoms with Gasteiger partial charge in [-0.1, -0.05) is 0 Å². The zero-order valence-electron chi connectivity index (χ0n) is 6.04. The van der Waals surface area contributed by atoms with Crippen LogP contribution in [0, 0.1) is 0 Å². The highest BCUT2D eigenvalue weighted by Crippen LogP contribution is 2.10. The van der Waals surface area contributed by atoms with E-state index in [1.54, 1.807) is 12.0 Å². The summed E-state index contributed by atoms with van der Waals surface area (Å²) < 4.78 is 5.04. The second-order valence-electron chi connectivity index (χ2n) is 2.43. The summed E-state index contributed by atoms with van der Waals surface area (Å²) in [5.41, 5.74) is 5.05. The lowest BCUT2D eigenvalue weighted by atomic mass is 10.3. The standard InChI is InChI=1S/C6H12N2O2/c1-10-5-2-3-8(4-5)6(7)9/h5H,2-4H2,1H3,(H2,7,9)/t5-/m1/s1. The quantitative estimate of drug-likeness (QED) is 0.553. The Morgan fingerprint density at radius 3 is 2.80 bits per heavy atom. The van der Waals surface area contributed by atoms with Crippen molar-refractivity contribution in [2.45, 2.75) is 12.5 Å². The van der Waals surface area contributed by atoms with Gasteiger partial charge in [-0.3, -0.25) is 0 Å². The molecular formula is C6H12N2O2. The summed E-state index contributed by atoms with van der Waals surface area (Å²) in [4.78, 5) is 12.1. The molecule has 2 N–H and O–H groups in total. The van der Waals surface area contributed by atoms with E-state index in [9.17, 15) is 4.79 Å². The molecule has 1 rings (SSSR count). The average Bonchev–Trinajstić information content (AvgIpc) is 2.34. The van der Waals surface area contributed by atoms with Gasteiger partial charge in [0, 0.05) is 20.2 Å². The van der Waals surface area contributed by atoms with E-state index in [4.69, 9.17) is 10.5 Å². The third-order valence-electron chi connectivity index (χ3n) is 1.79. The molecule has 1 heterocycles. The topological polar surface area (TPSA) is 55.6 Å². The third-order valence-corrected chi connectivity index (χ3v) is 1.79. The second-order valence-corrected chi connectivity index (χ2v) is 2.43. The van der Waals surface area contributed by atoms with Gasteiger partial charge in [0.2, 0.25) is 0 Å². The molecule has 0 aromatic carbocycles. The van der Waals surface area contributed by atoms with Crippen LogP contribution < -0.4 is 5.73 Å². The number of primary amides is 1. The number of ether oxygens (including phenoxy) is 1. The monoisotopic (exact) mass is 144 g/mol. The lowest BCUT2D eigenvalue weighted by Gasteiger charge is -2.11. The first-order chi connectivity index (χ1) is 4.74. The van der Waals surface area contributed by atoms with E-state index in [1.165, 1.54) is 0 Å². The fraction of sp³-hybridized carbons (Fsp3) is 0.833. The molecule has 1 aliphatic heterocycles. The number of urea groups is 1. The Kier molecular flexibility index (Phi) is 2.11. The Hall–Kier alpha value is -0.770. The van der Waals surface area contributed by atoms with Crippen LogP contribution in [0.4, 0.5) is 4.79 Å². The van der Waals surface area contributed by atoms with Crippen LogP contribution in [0.1, 0.15) is 6.42 Å². The van der Waals surface area contributed by atoms with Gasteiger partial charge in [0.05, 0.1) is 6.10 Å². The Morgan fingerprint density at radius 2 is 2.50 bits per heavy atom. The van der Waals surface area contributed by atoms with Gasteiger partial charge in [-0.05, 0) is 6.42 Å². The molecule has 0 saturated carbocycles. The summed E-state index contributed by atoms with van der Waals surface area (Å²) in [6.07, 6.45) is 1.09. The molecule has 0 aromatic rings. The average molecular weight is 144 g/mol. The Morgan fingerprint density at radius 1 is 1.80 bits per heavy atom. The highest BCUT2D eigenvalue weighted by atomic mass is 16.5. The van der Waals surface area contributed by atoms with Gasteiger partial charge < -0.3 is 15.4 Å². The molecule has 1 aliphatic rings.